The first-order valence-corrected chi connectivity index (χ1v) is 7.87. The molecule has 0 spiro atoms. The van der Waals surface area contributed by atoms with Gasteiger partial charge in [0.2, 0.25) is 5.91 Å². The highest BCUT2D eigenvalue weighted by atomic mass is 16.2. The van der Waals surface area contributed by atoms with Gasteiger partial charge in [-0.05, 0) is 32.8 Å². The molecule has 2 aromatic heterocycles. The van der Waals surface area contributed by atoms with Crippen molar-refractivity contribution in [2.45, 2.75) is 39.3 Å². The lowest BCUT2D eigenvalue weighted by Gasteiger charge is -2.33. The number of pyridine rings is 1. The molecule has 0 aromatic carbocycles. The Labute approximate surface area is 134 Å². The van der Waals surface area contributed by atoms with Crippen LogP contribution in [0, 0.1) is 13.8 Å². The summed E-state index contributed by atoms with van der Waals surface area (Å²) in [7, 11) is 0. The van der Waals surface area contributed by atoms with Gasteiger partial charge in [0.1, 0.15) is 18.2 Å². The Kier molecular flexibility index (Phi) is 4.27. The van der Waals surface area contributed by atoms with Gasteiger partial charge in [-0.2, -0.15) is 5.10 Å². The largest absolute Gasteiger partial charge is 0.339 e. The van der Waals surface area contributed by atoms with E-state index in [1.807, 2.05) is 23.4 Å². The second kappa shape index (κ2) is 6.36. The van der Waals surface area contributed by atoms with Crippen LogP contribution in [-0.4, -0.2) is 43.2 Å². The number of carbonyl (C=O) groups is 1. The molecule has 1 aliphatic rings. The molecule has 0 radical (unpaired) electrons. The van der Waals surface area contributed by atoms with Gasteiger partial charge in [-0.1, -0.05) is 6.07 Å². The molecule has 0 aliphatic carbocycles. The lowest BCUT2D eigenvalue weighted by Crippen LogP contribution is -2.43. The molecule has 0 N–H and O–H groups in total. The maximum Gasteiger partial charge on any atom is 0.250 e. The topological polar surface area (TPSA) is 73.0 Å². The summed E-state index contributed by atoms with van der Waals surface area (Å²) in [6.07, 6.45) is 3.56. The lowest BCUT2D eigenvalue weighted by molar-refractivity contribution is -0.133. The molecule has 1 fully saturated rings. The Morgan fingerprint density at radius 3 is 2.87 bits per heavy atom. The zero-order valence-electron chi connectivity index (χ0n) is 13.5. The van der Waals surface area contributed by atoms with E-state index in [0.29, 0.717) is 6.54 Å². The van der Waals surface area contributed by atoms with Gasteiger partial charge in [0.15, 0.2) is 0 Å². The number of carbonyl (C=O) groups excluding carboxylic acids is 1. The van der Waals surface area contributed by atoms with Gasteiger partial charge in [-0.3, -0.25) is 9.59 Å². The van der Waals surface area contributed by atoms with E-state index in [4.69, 9.17) is 0 Å². The maximum absolute atomic E-state index is 12.5. The molecule has 7 nitrogen and oxygen atoms in total. The maximum atomic E-state index is 12.5. The van der Waals surface area contributed by atoms with Crippen LogP contribution in [0.25, 0.3) is 0 Å². The fourth-order valence-corrected chi connectivity index (χ4v) is 3.10. The van der Waals surface area contributed by atoms with Crippen LogP contribution >= 0.6 is 0 Å². The Balaban J connectivity index is 1.71. The Morgan fingerprint density at radius 2 is 2.17 bits per heavy atom. The average molecular weight is 315 g/mol. The number of aryl methyl sites for hydroxylation is 2. The van der Waals surface area contributed by atoms with Crippen molar-refractivity contribution in [3.8, 4) is 0 Å². The molecule has 122 valence electrons. The average Bonchev–Trinajstić information content (AvgIpc) is 2.88. The van der Waals surface area contributed by atoms with Crippen LogP contribution < -0.4 is 5.56 Å². The second-order valence-electron chi connectivity index (χ2n) is 5.95. The molecule has 3 heterocycles. The standard InChI is InChI=1S/C16H21N5O2/c1-12-17-13(2)21(18-12)14-6-5-9-19(10-14)16(23)11-20-8-4-3-7-15(20)22/h3-4,7-8,14H,5-6,9-11H2,1-2H3. The first kappa shape index (κ1) is 15.5. The van der Waals surface area contributed by atoms with Crippen LogP contribution in [0.2, 0.25) is 0 Å². The Morgan fingerprint density at radius 1 is 1.35 bits per heavy atom. The molecule has 23 heavy (non-hydrogen) atoms. The van der Waals surface area contributed by atoms with Gasteiger partial charge < -0.3 is 9.47 Å². The van der Waals surface area contributed by atoms with Crippen LogP contribution in [0.3, 0.4) is 0 Å². The third-order valence-corrected chi connectivity index (χ3v) is 4.21. The van der Waals surface area contributed by atoms with Crippen molar-refractivity contribution < 1.29 is 4.79 Å². The summed E-state index contributed by atoms with van der Waals surface area (Å²) < 4.78 is 3.36. The molecule has 7 heteroatoms. The molecule has 0 bridgehead atoms. The van der Waals surface area contributed by atoms with Crippen molar-refractivity contribution in [1.82, 2.24) is 24.2 Å². The fourth-order valence-electron chi connectivity index (χ4n) is 3.10. The monoisotopic (exact) mass is 315 g/mol. The third kappa shape index (κ3) is 3.33. The molecule has 1 atom stereocenters. The van der Waals surface area contributed by atoms with Gasteiger partial charge >= 0.3 is 0 Å². The van der Waals surface area contributed by atoms with Crippen LogP contribution in [-0.2, 0) is 11.3 Å². The third-order valence-electron chi connectivity index (χ3n) is 4.21. The van der Waals surface area contributed by atoms with Crippen LogP contribution in [0.1, 0.15) is 30.5 Å². The van der Waals surface area contributed by atoms with Crippen molar-refractivity contribution in [2.75, 3.05) is 13.1 Å². The number of piperidine rings is 1. The van der Waals surface area contributed by atoms with Crippen molar-refractivity contribution in [3.05, 3.63) is 46.4 Å². The highest BCUT2D eigenvalue weighted by molar-refractivity contribution is 5.76. The van der Waals surface area contributed by atoms with Crippen LogP contribution in [0.4, 0.5) is 0 Å². The zero-order valence-corrected chi connectivity index (χ0v) is 13.5. The summed E-state index contributed by atoms with van der Waals surface area (Å²) >= 11 is 0. The normalized spacial score (nSPS) is 18.2. The number of aromatic nitrogens is 4. The lowest BCUT2D eigenvalue weighted by atomic mass is 10.1. The Bertz CT molecular complexity index is 764. The number of rotatable bonds is 3. The molecular formula is C16H21N5O2. The Hall–Kier alpha value is -2.44. The molecule has 1 unspecified atom stereocenters. The first-order chi connectivity index (χ1) is 11.0. The van der Waals surface area contributed by atoms with E-state index in [1.165, 1.54) is 10.6 Å². The first-order valence-electron chi connectivity index (χ1n) is 7.87. The van der Waals surface area contributed by atoms with E-state index in [1.54, 1.807) is 18.3 Å². The minimum atomic E-state index is -0.155. The highest BCUT2D eigenvalue weighted by Gasteiger charge is 2.26. The van der Waals surface area contributed by atoms with Crippen molar-refractivity contribution in [1.29, 1.82) is 0 Å². The van der Waals surface area contributed by atoms with Crippen molar-refractivity contribution in [2.24, 2.45) is 0 Å². The van der Waals surface area contributed by atoms with Crippen molar-refractivity contribution in [3.63, 3.8) is 0 Å². The van der Waals surface area contributed by atoms with Gasteiger partial charge in [-0.15, -0.1) is 0 Å². The minimum absolute atomic E-state index is 0.0301. The number of nitrogens with zero attached hydrogens (tertiary/aromatic N) is 5. The van der Waals surface area contributed by atoms with Gasteiger partial charge in [-0.25, -0.2) is 9.67 Å². The molecule has 3 rings (SSSR count). The highest BCUT2D eigenvalue weighted by Crippen LogP contribution is 2.22. The van der Waals surface area contributed by atoms with Crippen molar-refractivity contribution >= 4 is 5.91 Å². The molecule has 0 saturated carbocycles. The van der Waals surface area contributed by atoms with Gasteiger partial charge in [0.05, 0.1) is 6.04 Å². The summed E-state index contributed by atoms with van der Waals surface area (Å²) in [6.45, 7) is 5.23. The number of likely N-dealkylation sites (tertiary alicyclic amines) is 1. The second-order valence-corrected chi connectivity index (χ2v) is 5.95. The van der Waals surface area contributed by atoms with E-state index >= 15 is 0 Å². The summed E-state index contributed by atoms with van der Waals surface area (Å²) in [4.78, 5) is 30.4. The van der Waals surface area contributed by atoms with E-state index in [-0.39, 0.29) is 24.1 Å². The molecular weight excluding hydrogens is 294 g/mol. The molecule has 1 saturated heterocycles. The number of hydrogen-bond acceptors (Lipinski definition) is 4. The number of amides is 1. The van der Waals surface area contributed by atoms with E-state index in [0.717, 1.165) is 31.0 Å². The summed E-state index contributed by atoms with van der Waals surface area (Å²) in [5, 5.41) is 4.44. The van der Waals surface area contributed by atoms with E-state index < -0.39 is 0 Å². The molecule has 1 aliphatic heterocycles. The SMILES string of the molecule is Cc1nc(C)n(C2CCCN(C(=O)Cn3ccccc3=O)C2)n1. The van der Waals surface area contributed by atoms with Gasteiger partial charge in [0.25, 0.3) is 5.56 Å². The van der Waals surface area contributed by atoms with E-state index in [9.17, 15) is 9.59 Å². The quantitative estimate of drug-likeness (QED) is 0.844. The minimum Gasteiger partial charge on any atom is -0.339 e. The van der Waals surface area contributed by atoms with Crippen LogP contribution in [0.5, 0.6) is 0 Å². The van der Waals surface area contributed by atoms with Gasteiger partial charge in [0, 0.05) is 25.4 Å². The molecule has 2 aromatic rings. The van der Waals surface area contributed by atoms with E-state index in [2.05, 4.69) is 10.1 Å². The summed E-state index contributed by atoms with van der Waals surface area (Å²) in [5.41, 5.74) is -0.155. The fraction of sp³-hybridized carbons (Fsp3) is 0.500. The predicted octanol–water partition coefficient (Wildman–Crippen LogP) is 0.920. The smallest absolute Gasteiger partial charge is 0.250 e. The summed E-state index contributed by atoms with van der Waals surface area (Å²) in [6, 6.07) is 5.06. The predicted molar refractivity (Wildman–Crippen MR) is 85.0 cm³/mol. The number of hydrogen-bond donors (Lipinski definition) is 0. The molecule has 1 amide bonds. The van der Waals surface area contributed by atoms with Crippen LogP contribution in [0.15, 0.2) is 29.2 Å². The zero-order chi connectivity index (χ0) is 16.4. The summed E-state index contributed by atoms with van der Waals surface area (Å²) in [5.74, 6) is 1.60.